The van der Waals surface area contributed by atoms with Gasteiger partial charge in [-0.05, 0) is 48.2 Å². The van der Waals surface area contributed by atoms with Gasteiger partial charge in [0, 0.05) is 22.6 Å². The molecule has 0 bridgehead atoms. The van der Waals surface area contributed by atoms with Crippen molar-refractivity contribution in [2.75, 3.05) is 6.54 Å². The van der Waals surface area contributed by atoms with E-state index in [4.69, 9.17) is 11.6 Å². The molecule has 0 fully saturated rings. The predicted octanol–water partition coefficient (Wildman–Crippen LogP) is 3.54. The summed E-state index contributed by atoms with van der Waals surface area (Å²) in [5, 5.41) is 5.86. The molecule has 130 valence electrons. The fourth-order valence-corrected chi connectivity index (χ4v) is 3.70. The van der Waals surface area contributed by atoms with Gasteiger partial charge in [0.25, 0.3) is 11.5 Å². The summed E-state index contributed by atoms with van der Waals surface area (Å²) in [6.45, 7) is 0.518. The van der Waals surface area contributed by atoms with Crippen LogP contribution in [0.15, 0.2) is 58.8 Å². The van der Waals surface area contributed by atoms with Gasteiger partial charge in [0.15, 0.2) is 5.65 Å². The van der Waals surface area contributed by atoms with Crippen LogP contribution >= 0.6 is 22.9 Å². The van der Waals surface area contributed by atoms with Crippen molar-refractivity contribution in [3.8, 4) is 0 Å². The van der Waals surface area contributed by atoms with Crippen LogP contribution in [0.2, 0.25) is 5.02 Å². The van der Waals surface area contributed by atoms with Crippen molar-refractivity contribution in [1.29, 1.82) is 0 Å². The molecule has 5 nitrogen and oxygen atoms in total. The summed E-state index contributed by atoms with van der Waals surface area (Å²) in [5.41, 5.74) is 0.926. The molecular formula is C19H14ClN3O2S. The molecule has 0 spiro atoms. The van der Waals surface area contributed by atoms with E-state index in [1.807, 2.05) is 17.5 Å². The first-order valence-electron chi connectivity index (χ1n) is 8.05. The number of thiophene rings is 1. The quantitative estimate of drug-likeness (QED) is 0.548. The van der Waals surface area contributed by atoms with E-state index in [1.165, 1.54) is 9.28 Å². The van der Waals surface area contributed by atoms with Crippen molar-refractivity contribution in [1.82, 2.24) is 14.7 Å². The van der Waals surface area contributed by atoms with Crippen LogP contribution in [-0.2, 0) is 6.42 Å². The normalized spacial score (nSPS) is 11.1. The molecule has 0 saturated carbocycles. The van der Waals surface area contributed by atoms with Gasteiger partial charge in [-0.3, -0.25) is 14.0 Å². The minimum Gasteiger partial charge on any atom is -0.352 e. The number of hydrogen-bond acceptors (Lipinski definition) is 4. The molecule has 0 aliphatic carbocycles. The molecule has 1 amide bonds. The highest BCUT2D eigenvalue weighted by Gasteiger charge is 2.14. The van der Waals surface area contributed by atoms with Gasteiger partial charge in [0.05, 0.1) is 16.5 Å². The number of nitrogens with zero attached hydrogens (tertiary/aromatic N) is 2. The number of benzene rings is 1. The van der Waals surface area contributed by atoms with Crippen LogP contribution in [0.5, 0.6) is 0 Å². The van der Waals surface area contributed by atoms with Crippen molar-refractivity contribution in [2.24, 2.45) is 0 Å². The first kappa shape index (κ1) is 16.8. The Hall–Kier alpha value is -2.70. The van der Waals surface area contributed by atoms with Crippen molar-refractivity contribution in [2.45, 2.75) is 6.42 Å². The van der Waals surface area contributed by atoms with E-state index in [0.29, 0.717) is 33.7 Å². The Morgan fingerprint density at radius 3 is 2.92 bits per heavy atom. The zero-order chi connectivity index (χ0) is 18.1. The second kappa shape index (κ2) is 6.90. The molecule has 3 aromatic heterocycles. The fourth-order valence-electron chi connectivity index (χ4n) is 2.83. The van der Waals surface area contributed by atoms with Crippen molar-refractivity contribution >= 4 is 45.4 Å². The maximum atomic E-state index is 12.7. The summed E-state index contributed by atoms with van der Waals surface area (Å²) >= 11 is 7.67. The average Bonchev–Trinajstić information content (AvgIpc) is 3.14. The lowest BCUT2D eigenvalue weighted by atomic mass is 10.2. The number of pyridine rings is 1. The van der Waals surface area contributed by atoms with E-state index in [9.17, 15) is 9.59 Å². The number of amides is 1. The van der Waals surface area contributed by atoms with Crippen molar-refractivity contribution in [3.63, 3.8) is 0 Å². The monoisotopic (exact) mass is 383 g/mol. The molecule has 4 aromatic rings. The minimum atomic E-state index is -0.257. The fraction of sp³-hybridized carbons (Fsp3) is 0.105. The molecule has 1 N–H and O–H groups in total. The molecule has 0 saturated heterocycles. The molecular weight excluding hydrogens is 370 g/mol. The molecule has 26 heavy (non-hydrogen) atoms. The zero-order valence-electron chi connectivity index (χ0n) is 13.6. The molecule has 4 rings (SSSR count). The second-order valence-electron chi connectivity index (χ2n) is 5.78. The Morgan fingerprint density at radius 2 is 2.12 bits per heavy atom. The zero-order valence-corrected chi connectivity index (χ0v) is 15.2. The van der Waals surface area contributed by atoms with Crippen LogP contribution in [0, 0.1) is 0 Å². The average molecular weight is 384 g/mol. The van der Waals surface area contributed by atoms with Gasteiger partial charge in [0.2, 0.25) is 0 Å². The van der Waals surface area contributed by atoms with Crippen LogP contribution < -0.4 is 10.9 Å². The van der Waals surface area contributed by atoms with Crippen LogP contribution in [0.25, 0.3) is 16.6 Å². The minimum absolute atomic E-state index is 0.227. The Balaban J connectivity index is 1.71. The number of fused-ring (bicyclic) bond motifs is 2. The summed E-state index contributed by atoms with van der Waals surface area (Å²) in [6.07, 6.45) is 2.38. The van der Waals surface area contributed by atoms with Crippen LogP contribution in [0.3, 0.4) is 0 Å². The van der Waals surface area contributed by atoms with Gasteiger partial charge in [-0.15, -0.1) is 11.3 Å². The van der Waals surface area contributed by atoms with E-state index in [1.54, 1.807) is 47.9 Å². The van der Waals surface area contributed by atoms with Crippen LogP contribution in [0.4, 0.5) is 0 Å². The maximum Gasteiger partial charge on any atom is 0.265 e. The highest BCUT2D eigenvalue weighted by atomic mass is 35.5. The lowest BCUT2D eigenvalue weighted by Gasteiger charge is -2.09. The first-order valence-corrected chi connectivity index (χ1v) is 9.30. The molecule has 1 aromatic carbocycles. The summed E-state index contributed by atoms with van der Waals surface area (Å²) < 4.78 is 1.39. The highest BCUT2D eigenvalue weighted by Crippen LogP contribution is 2.17. The van der Waals surface area contributed by atoms with Gasteiger partial charge >= 0.3 is 0 Å². The Labute approximate surface area is 157 Å². The van der Waals surface area contributed by atoms with Gasteiger partial charge < -0.3 is 5.32 Å². The number of rotatable bonds is 4. The molecule has 0 unspecified atom stereocenters. The SMILES string of the molecule is O=C(NCCc1cccs1)c1cccn2c(=O)c3ccc(Cl)cc3nc12. The van der Waals surface area contributed by atoms with Crippen molar-refractivity contribution in [3.05, 3.63) is 79.9 Å². The van der Waals surface area contributed by atoms with Crippen LogP contribution in [-0.4, -0.2) is 21.8 Å². The summed E-state index contributed by atoms with van der Waals surface area (Å²) in [5.74, 6) is -0.257. The predicted molar refractivity (Wildman–Crippen MR) is 104 cm³/mol. The molecule has 0 aliphatic heterocycles. The molecule has 7 heteroatoms. The topological polar surface area (TPSA) is 63.5 Å². The molecule has 0 radical (unpaired) electrons. The number of hydrogen-bond donors (Lipinski definition) is 1. The number of carbonyl (C=O) groups is 1. The van der Waals surface area contributed by atoms with Gasteiger partial charge in [-0.25, -0.2) is 4.98 Å². The first-order chi connectivity index (χ1) is 12.6. The number of aromatic nitrogens is 2. The third-order valence-corrected chi connectivity index (χ3v) is 5.26. The van der Waals surface area contributed by atoms with E-state index in [-0.39, 0.29) is 11.5 Å². The Bertz CT molecular complexity index is 1170. The summed E-state index contributed by atoms with van der Waals surface area (Å²) in [4.78, 5) is 31.0. The maximum absolute atomic E-state index is 12.7. The van der Waals surface area contributed by atoms with Gasteiger partial charge in [0.1, 0.15) is 0 Å². The Morgan fingerprint density at radius 1 is 1.23 bits per heavy atom. The lowest BCUT2D eigenvalue weighted by molar-refractivity contribution is 0.0955. The van der Waals surface area contributed by atoms with E-state index < -0.39 is 0 Å². The lowest BCUT2D eigenvalue weighted by Crippen LogP contribution is -2.27. The smallest absolute Gasteiger partial charge is 0.265 e. The standard InChI is InChI=1S/C19H14ClN3O2S/c20-12-5-6-14-16(11-12)22-17-15(4-1-9-23(17)19(14)25)18(24)21-8-7-13-3-2-10-26-13/h1-6,9-11H,7-8H2,(H,21,24). The molecule has 0 aliphatic rings. The number of halogens is 1. The van der Waals surface area contributed by atoms with Crippen LogP contribution in [0.1, 0.15) is 15.2 Å². The number of carbonyl (C=O) groups excluding carboxylic acids is 1. The second-order valence-corrected chi connectivity index (χ2v) is 7.25. The van der Waals surface area contributed by atoms with Gasteiger partial charge in [-0.2, -0.15) is 0 Å². The summed E-state index contributed by atoms with van der Waals surface area (Å²) in [7, 11) is 0. The third kappa shape index (κ3) is 3.09. The van der Waals surface area contributed by atoms with E-state index >= 15 is 0 Å². The highest BCUT2D eigenvalue weighted by molar-refractivity contribution is 7.09. The Kier molecular flexibility index (Phi) is 4.44. The third-order valence-electron chi connectivity index (χ3n) is 4.08. The van der Waals surface area contributed by atoms with E-state index in [2.05, 4.69) is 10.3 Å². The van der Waals surface area contributed by atoms with Gasteiger partial charge in [-0.1, -0.05) is 17.7 Å². The van der Waals surface area contributed by atoms with E-state index in [0.717, 1.165) is 6.42 Å². The summed E-state index contributed by atoms with van der Waals surface area (Å²) in [6, 6.07) is 12.3. The molecule has 3 heterocycles. The van der Waals surface area contributed by atoms with Crippen molar-refractivity contribution < 1.29 is 4.79 Å². The largest absolute Gasteiger partial charge is 0.352 e. The number of nitrogens with one attached hydrogen (secondary N) is 1. The molecule has 0 atom stereocenters.